The number of carbonyl (C=O) groups excluding carboxylic acids is 2. The summed E-state index contributed by atoms with van der Waals surface area (Å²) in [5, 5.41) is 6.55. The van der Waals surface area contributed by atoms with Crippen LogP contribution in [-0.2, 0) is 7.05 Å². The summed E-state index contributed by atoms with van der Waals surface area (Å²) in [5.41, 5.74) is 5.17. The van der Waals surface area contributed by atoms with Crippen LogP contribution in [0.2, 0.25) is 0 Å². The molecule has 0 bridgehead atoms. The van der Waals surface area contributed by atoms with Gasteiger partial charge >= 0.3 is 11.7 Å². The Kier molecular flexibility index (Phi) is 5.85. The molecule has 0 aliphatic carbocycles. The quantitative estimate of drug-likeness (QED) is 0.470. The average Bonchev–Trinajstić information content (AvgIpc) is 3.45. The third-order valence-electron chi connectivity index (χ3n) is 6.40. The number of urea groups is 1. The summed E-state index contributed by atoms with van der Waals surface area (Å²) in [6, 6.07) is 16.7. The molecule has 0 spiro atoms. The van der Waals surface area contributed by atoms with Crippen molar-refractivity contribution in [3.05, 3.63) is 88.9 Å². The van der Waals surface area contributed by atoms with E-state index >= 15 is 0 Å². The number of hydrogen-bond acceptors (Lipinski definition) is 5. The molecule has 1 aliphatic rings. The lowest BCUT2D eigenvalue weighted by Gasteiger charge is -2.22. The maximum atomic E-state index is 13.4. The molecule has 2 aromatic heterocycles. The Hall–Kier alpha value is -4.73. The highest BCUT2D eigenvalue weighted by Crippen LogP contribution is 2.34. The van der Waals surface area contributed by atoms with Crippen molar-refractivity contribution in [3.63, 3.8) is 0 Å². The van der Waals surface area contributed by atoms with Gasteiger partial charge in [-0.2, -0.15) is 5.10 Å². The molecule has 182 valence electrons. The summed E-state index contributed by atoms with van der Waals surface area (Å²) in [7, 11) is 3.15. The van der Waals surface area contributed by atoms with Crippen LogP contribution in [0.3, 0.4) is 0 Å². The van der Waals surface area contributed by atoms with Gasteiger partial charge in [-0.1, -0.05) is 24.3 Å². The summed E-state index contributed by atoms with van der Waals surface area (Å²) in [4.78, 5) is 45.0. The Morgan fingerprint density at radius 1 is 0.972 bits per heavy atom. The van der Waals surface area contributed by atoms with Crippen molar-refractivity contribution in [1.29, 1.82) is 0 Å². The first kappa shape index (κ1) is 23.0. The van der Waals surface area contributed by atoms with Crippen LogP contribution in [0.25, 0.3) is 16.8 Å². The van der Waals surface area contributed by atoms with Gasteiger partial charge in [-0.15, -0.1) is 0 Å². The second-order valence-electron chi connectivity index (χ2n) is 8.47. The molecule has 1 aliphatic heterocycles. The highest BCUT2D eigenvalue weighted by atomic mass is 16.2. The van der Waals surface area contributed by atoms with Crippen molar-refractivity contribution < 1.29 is 9.59 Å². The maximum absolute atomic E-state index is 13.4. The van der Waals surface area contributed by atoms with E-state index in [1.165, 1.54) is 21.8 Å². The fourth-order valence-electron chi connectivity index (χ4n) is 4.43. The molecule has 1 N–H and O–H groups in total. The molecule has 3 heterocycles. The molecule has 5 rings (SSSR count). The van der Waals surface area contributed by atoms with Crippen LogP contribution in [0, 0.1) is 6.92 Å². The summed E-state index contributed by atoms with van der Waals surface area (Å²) < 4.78 is 2.77. The fourth-order valence-corrected chi connectivity index (χ4v) is 4.43. The lowest BCUT2D eigenvalue weighted by molar-refractivity contribution is 0.0958. The first-order valence-electron chi connectivity index (χ1n) is 11.5. The maximum Gasteiger partial charge on any atom is 0.350 e. The zero-order chi connectivity index (χ0) is 25.4. The van der Waals surface area contributed by atoms with E-state index < -0.39 is 0 Å². The van der Waals surface area contributed by atoms with Gasteiger partial charge in [0.2, 0.25) is 0 Å². The highest BCUT2D eigenvalue weighted by molar-refractivity contribution is 6.07. The van der Waals surface area contributed by atoms with Crippen LogP contribution in [0.5, 0.6) is 0 Å². The van der Waals surface area contributed by atoms with Gasteiger partial charge in [0, 0.05) is 44.8 Å². The largest absolute Gasteiger partial charge is 0.354 e. The minimum atomic E-state index is -0.302. The Morgan fingerprint density at radius 3 is 2.42 bits per heavy atom. The summed E-state index contributed by atoms with van der Waals surface area (Å²) in [5.74, 6) is -0.302. The van der Waals surface area contributed by atoms with Crippen molar-refractivity contribution in [2.45, 2.75) is 6.92 Å². The standard InChI is InChI=1S/C26H25N7O3/c1-17-21(18-7-9-19(10-8-18)33-16-29-30(3)25(33)35)5-4-6-23(17)32-14-13-31(26(32)36)20-11-12-28-22(15-20)24(34)27-2/h4-12,15-16H,13-14H2,1-3H3,(H,27,34). The molecule has 1 saturated heterocycles. The molecule has 0 unspecified atom stereocenters. The van der Waals surface area contributed by atoms with Crippen molar-refractivity contribution in [2.24, 2.45) is 7.05 Å². The number of carbonyl (C=O) groups is 2. The summed E-state index contributed by atoms with van der Waals surface area (Å²) in [6.45, 7) is 3.01. The second-order valence-corrected chi connectivity index (χ2v) is 8.47. The van der Waals surface area contributed by atoms with Gasteiger partial charge in [0.15, 0.2) is 0 Å². The fraction of sp³-hybridized carbons (Fsp3) is 0.192. The molecule has 3 amide bonds. The zero-order valence-corrected chi connectivity index (χ0v) is 20.2. The molecular weight excluding hydrogens is 458 g/mol. The Morgan fingerprint density at radius 2 is 1.72 bits per heavy atom. The number of nitrogens with one attached hydrogen (secondary N) is 1. The van der Waals surface area contributed by atoms with Crippen LogP contribution >= 0.6 is 0 Å². The van der Waals surface area contributed by atoms with Crippen LogP contribution in [0.1, 0.15) is 16.1 Å². The lowest BCUT2D eigenvalue weighted by Crippen LogP contribution is -2.32. The van der Waals surface area contributed by atoms with Crippen molar-refractivity contribution in [2.75, 3.05) is 29.9 Å². The van der Waals surface area contributed by atoms with E-state index in [2.05, 4.69) is 15.4 Å². The number of anilines is 2. The third-order valence-corrected chi connectivity index (χ3v) is 6.40. The molecule has 10 nitrogen and oxygen atoms in total. The van der Waals surface area contributed by atoms with E-state index in [-0.39, 0.29) is 23.3 Å². The molecule has 10 heteroatoms. The predicted molar refractivity (Wildman–Crippen MR) is 137 cm³/mol. The SMILES string of the molecule is CNC(=O)c1cc(N2CCN(c3cccc(-c4ccc(-n5cnn(C)c5=O)cc4)c3C)C2=O)ccn1. The third kappa shape index (κ3) is 3.92. The topological polar surface area (TPSA) is 105 Å². The van der Waals surface area contributed by atoms with Crippen LogP contribution in [-0.4, -0.2) is 51.4 Å². The number of aromatic nitrogens is 4. The molecular formula is C26H25N7O3. The van der Waals surface area contributed by atoms with Gasteiger partial charge in [0.05, 0.1) is 5.69 Å². The Bertz CT molecular complexity index is 1520. The van der Waals surface area contributed by atoms with Crippen molar-refractivity contribution >= 4 is 23.3 Å². The molecule has 0 radical (unpaired) electrons. The van der Waals surface area contributed by atoms with Gasteiger partial charge in [-0.3, -0.25) is 19.6 Å². The first-order valence-corrected chi connectivity index (χ1v) is 11.5. The minimum absolute atomic E-state index is 0.157. The van der Waals surface area contributed by atoms with E-state index in [0.29, 0.717) is 18.8 Å². The van der Waals surface area contributed by atoms with Crippen molar-refractivity contribution in [1.82, 2.24) is 24.6 Å². The Labute approximate surface area is 207 Å². The van der Waals surface area contributed by atoms with Gasteiger partial charge in [-0.25, -0.2) is 18.8 Å². The minimum Gasteiger partial charge on any atom is -0.354 e. The van der Waals surface area contributed by atoms with Gasteiger partial charge in [0.1, 0.15) is 12.0 Å². The average molecular weight is 484 g/mol. The molecule has 2 aromatic carbocycles. The van der Waals surface area contributed by atoms with E-state index in [1.807, 2.05) is 49.4 Å². The molecule has 4 aromatic rings. The smallest absolute Gasteiger partial charge is 0.350 e. The first-order chi connectivity index (χ1) is 17.4. The number of benzene rings is 2. The summed E-state index contributed by atoms with van der Waals surface area (Å²) in [6.07, 6.45) is 3.03. The highest BCUT2D eigenvalue weighted by Gasteiger charge is 2.32. The number of hydrogen-bond donors (Lipinski definition) is 1. The van der Waals surface area contributed by atoms with Gasteiger partial charge < -0.3 is 5.32 Å². The second kappa shape index (κ2) is 9.14. The monoisotopic (exact) mass is 483 g/mol. The summed E-state index contributed by atoms with van der Waals surface area (Å²) >= 11 is 0. The number of nitrogens with zero attached hydrogens (tertiary/aromatic N) is 6. The van der Waals surface area contributed by atoms with Gasteiger partial charge in [0.25, 0.3) is 5.91 Å². The molecule has 0 saturated carbocycles. The molecule has 0 atom stereocenters. The molecule has 1 fully saturated rings. The lowest BCUT2D eigenvalue weighted by atomic mass is 9.98. The number of aryl methyl sites for hydroxylation is 1. The van der Waals surface area contributed by atoms with Gasteiger partial charge in [-0.05, 0) is 53.9 Å². The normalized spacial score (nSPS) is 13.4. The van der Waals surface area contributed by atoms with E-state index in [4.69, 9.17) is 0 Å². The van der Waals surface area contributed by atoms with Crippen LogP contribution in [0.15, 0.2) is 71.9 Å². The van der Waals surface area contributed by atoms with Crippen LogP contribution in [0.4, 0.5) is 16.2 Å². The number of amides is 3. The van der Waals surface area contributed by atoms with Crippen molar-refractivity contribution in [3.8, 4) is 16.8 Å². The zero-order valence-electron chi connectivity index (χ0n) is 20.2. The van der Waals surface area contributed by atoms with E-state index in [9.17, 15) is 14.4 Å². The number of rotatable bonds is 5. The predicted octanol–water partition coefficient (Wildman–Crippen LogP) is 2.75. The van der Waals surface area contributed by atoms with E-state index in [1.54, 1.807) is 36.0 Å². The Balaban J connectivity index is 1.42. The number of pyridine rings is 1. The van der Waals surface area contributed by atoms with E-state index in [0.717, 1.165) is 28.1 Å². The van der Waals surface area contributed by atoms with Crippen LogP contribution < -0.4 is 20.8 Å². The molecule has 36 heavy (non-hydrogen) atoms.